The monoisotopic (exact) mass is 438 g/mol. The van der Waals surface area contributed by atoms with Gasteiger partial charge in [0.15, 0.2) is 0 Å². The molecule has 2 unspecified atom stereocenters. The van der Waals surface area contributed by atoms with Crippen LogP contribution in [0.2, 0.25) is 0 Å². The number of benzene rings is 4. The molecule has 0 fully saturated rings. The van der Waals surface area contributed by atoms with Crippen LogP contribution in [0.5, 0.6) is 0 Å². The molecule has 4 aromatic rings. The van der Waals surface area contributed by atoms with Crippen LogP contribution >= 0.6 is 0 Å². The molecule has 34 heavy (non-hydrogen) atoms. The standard InChI is InChI=1S/C34H30/c1-3-9-25-21-27(31-17-7-13-23-11-5-15-29(25)33(23)31)19-20-28-22-26(10-4-2)30-16-6-12-24-14-8-18-32(28)34(24)30/h3-8,11-18,21-22,27-28H,1-2,9-10,19-20H2. The van der Waals surface area contributed by atoms with Crippen molar-refractivity contribution < 1.29 is 0 Å². The summed E-state index contributed by atoms with van der Waals surface area (Å²) in [6, 6.07) is 27.1. The third kappa shape index (κ3) is 3.37. The van der Waals surface area contributed by atoms with Gasteiger partial charge in [0.1, 0.15) is 0 Å². The summed E-state index contributed by atoms with van der Waals surface area (Å²) in [6.07, 6.45) is 13.2. The highest BCUT2D eigenvalue weighted by Gasteiger charge is 2.25. The Hall–Kier alpha value is -3.64. The van der Waals surface area contributed by atoms with Crippen molar-refractivity contribution in [2.45, 2.75) is 37.5 Å². The Morgan fingerprint density at radius 1 is 0.559 bits per heavy atom. The molecule has 0 spiro atoms. The summed E-state index contributed by atoms with van der Waals surface area (Å²) in [5, 5.41) is 5.57. The van der Waals surface area contributed by atoms with Gasteiger partial charge in [0.05, 0.1) is 0 Å². The first-order chi connectivity index (χ1) is 16.8. The zero-order chi connectivity index (χ0) is 23.1. The van der Waals surface area contributed by atoms with E-state index in [1.165, 1.54) is 54.9 Å². The predicted molar refractivity (Wildman–Crippen MR) is 148 cm³/mol. The minimum absolute atomic E-state index is 0.432. The topological polar surface area (TPSA) is 0 Å². The van der Waals surface area contributed by atoms with E-state index >= 15 is 0 Å². The average Bonchev–Trinajstić information content (AvgIpc) is 2.87. The van der Waals surface area contributed by atoms with Crippen LogP contribution in [0.3, 0.4) is 0 Å². The Morgan fingerprint density at radius 2 is 0.971 bits per heavy atom. The van der Waals surface area contributed by atoms with E-state index in [1.807, 2.05) is 12.2 Å². The molecule has 0 saturated carbocycles. The van der Waals surface area contributed by atoms with Crippen LogP contribution in [0, 0.1) is 0 Å². The van der Waals surface area contributed by atoms with Gasteiger partial charge in [0.2, 0.25) is 0 Å². The second-order valence-electron chi connectivity index (χ2n) is 9.66. The highest BCUT2D eigenvalue weighted by molar-refractivity contribution is 6.00. The third-order valence-corrected chi connectivity index (χ3v) is 7.69. The number of allylic oxidation sites excluding steroid dienone is 6. The van der Waals surface area contributed by atoms with Crippen molar-refractivity contribution in [3.05, 3.63) is 133 Å². The van der Waals surface area contributed by atoms with Gasteiger partial charge in [-0.15, -0.1) is 13.2 Å². The van der Waals surface area contributed by atoms with Gasteiger partial charge in [0.25, 0.3) is 0 Å². The lowest BCUT2D eigenvalue weighted by Crippen LogP contribution is -2.09. The molecule has 166 valence electrons. The summed E-state index contributed by atoms with van der Waals surface area (Å²) in [5.41, 5.74) is 8.56. The van der Waals surface area contributed by atoms with E-state index in [4.69, 9.17) is 0 Å². The summed E-state index contributed by atoms with van der Waals surface area (Å²) in [7, 11) is 0. The molecule has 0 saturated heterocycles. The second-order valence-corrected chi connectivity index (χ2v) is 9.66. The Kier molecular flexibility index (Phi) is 5.30. The first-order valence-corrected chi connectivity index (χ1v) is 12.5. The average molecular weight is 439 g/mol. The molecule has 2 aliphatic carbocycles. The zero-order valence-corrected chi connectivity index (χ0v) is 19.6. The molecule has 0 heteroatoms. The largest absolute Gasteiger partial charge is 0.103 e. The van der Waals surface area contributed by atoms with Crippen molar-refractivity contribution >= 4 is 32.7 Å². The molecule has 2 aliphatic rings. The van der Waals surface area contributed by atoms with E-state index in [1.54, 1.807) is 0 Å². The molecule has 0 N–H and O–H groups in total. The Balaban J connectivity index is 1.39. The highest BCUT2D eigenvalue weighted by Crippen LogP contribution is 2.45. The maximum Gasteiger partial charge on any atom is 0.00308 e. The SMILES string of the molecule is C=CCC1=CC(CCC2C=C(CC=C)c3cccc4cccc2c34)c2cccc3cccc1c23. The quantitative estimate of drug-likeness (QED) is 0.252. The van der Waals surface area contributed by atoms with Crippen LogP contribution < -0.4 is 0 Å². The first kappa shape index (κ1) is 20.9. The molecule has 6 rings (SSSR count). The Bertz CT molecular complexity index is 1370. The number of rotatable bonds is 7. The van der Waals surface area contributed by atoms with Crippen molar-refractivity contribution in [2.24, 2.45) is 0 Å². The molecule has 0 aromatic heterocycles. The van der Waals surface area contributed by atoms with E-state index in [0.717, 1.165) is 25.7 Å². The summed E-state index contributed by atoms with van der Waals surface area (Å²) < 4.78 is 0. The van der Waals surface area contributed by atoms with Gasteiger partial charge in [-0.25, -0.2) is 0 Å². The molecule has 0 bridgehead atoms. The van der Waals surface area contributed by atoms with Crippen molar-refractivity contribution in [2.75, 3.05) is 0 Å². The number of hydrogen-bond donors (Lipinski definition) is 0. The molecular weight excluding hydrogens is 408 g/mol. The molecule has 2 atom stereocenters. The van der Waals surface area contributed by atoms with E-state index in [0.29, 0.717) is 11.8 Å². The highest BCUT2D eigenvalue weighted by atomic mass is 14.3. The lowest BCUT2D eigenvalue weighted by atomic mass is 9.75. The van der Waals surface area contributed by atoms with Crippen LogP contribution in [-0.4, -0.2) is 0 Å². The normalized spacial score (nSPS) is 18.5. The maximum atomic E-state index is 4.03. The minimum atomic E-state index is 0.432. The first-order valence-electron chi connectivity index (χ1n) is 12.5. The van der Waals surface area contributed by atoms with Gasteiger partial charge in [-0.05, 0) is 80.6 Å². The molecule has 0 amide bonds. The fraction of sp³-hybridized carbons (Fsp3) is 0.176. The lowest BCUT2D eigenvalue weighted by Gasteiger charge is -2.29. The Morgan fingerprint density at radius 3 is 1.38 bits per heavy atom. The van der Waals surface area contributed by atoms with Gasteiger partial charge in [-0.3, -0.25) is 0 Å². The van der Waals surface area contributed by atoms with Crippen molar-refractivity contribution in [1.29, 1.82) is 0 Å². The van der Waals surface area contributed by atoms with Crippen LogP contribution in [0.25, 0.3) is 32.7 Å². The van der Waals surface area contributed by atoms with E-state index in [9.17, 15) is 0 Å². The van der Waals surface area contributed by atoms with Gasteiger partial charge >= 0.3 is 0 Å². The minimum Gasteiger partial charge on any atom is -0.103 e. The van der Waals surface area contributed by atoms with Gasteiger partial charge < -0.3 is 0 Å². The molecule has 0 aliphatic heterocycles. The van der Waals surface area contributed by atoms with Crippen molar-refractivity contribution in [3.63, 3.8) is 0 Å². The molecular formula is C34H30. The second kappa shape index (κ2) is 8.61. The van der Waals surface area contributed by atoms with Crippen LogP contribution in [0.4, 0.5) is 0 Å². The van der Waals surface area contributed by atoms with Gasteiger partial charge in [-0.1, -0.05) is 97.1 Å². The summed E-state index contributed by atoms with van der Waals surface area (Å²) in [6.45, 7) is 8.06. The summed E-state index contributed by atoms with van der Waals surface area (Å²) in [4.78, 5) is 0. The molecule has 0 heterocycles. The van der Waals surface area contributed by atoms with Crippen LogP contribution in [-0.2, 0) is 0 Å². The van der Waals surface area contributed by atoms with Gasteiger partial charge in [0, 0.05) is 11.8 Å². The van der Waals surface area contributed by atoms with Crippen LogP contribution in [0.15, 0.2) is 110 Å². The molecule has 0 nitrogen and oxygen atoms in total. The lowest BCUT2D eigenvalue weighted by molar-refractivity contribution is 0.635. The van der Waals surface area contributed by atoms with Crippen molar-refractivity contribution in [3.8, 4) is 0 Å². The fourth-order valence-corrected chi connectivity index (χ4v) is 6.24. The van der Waals surface area contributed by atoms with E-state index in [-0.39, 0.29) is 0 Å². The number of hydrogen-bond acceptors (Lipinski definition) is 0. The Labute approximate surface area is 202 Å². The molecule has 4 aromatic carbocycles. The van der Waals surface area contributed by atoms with E-state index in [2.05, 4.69) is 98.1 Å². The van der Waals surface area contributed by atoms with Crippen LogP contribution in [0.1, 0.15) is 59.8 Å². The van der Waals surface area contributed by atoms with Gasteiger partial charge in [-0.2, -0.15) is 0 Å². The zero-order valence-electron chi connectivity index (χ0n) is 19.6. The van der Waals surface area contributed by atoms with E-state index < -0.39 is 0 Å². The van der Waals surface area contributed by atoms with Crippen molar-refractivity contribution in [1.82, 2.24) is 0 Å². The molecule has 0 radical (unpaired) electrons. The maximum absolute atomic E-state index is 4.03. The summed E-state index contributed by atoms with van der Waals surface area (Å²) >= 11 is 0. The third-order valence-electron chi connectivity index (χ3n) is 7.69. The summed E-state index contributed by atoms with van der Waals surface area (Å²) in [5.74, 6) is 0.863. The smallest absolute Gasteiger partial charge is 0.00308 e. The predicted octanol–water partition coefficient (Wildman–Crippen LogP) is 9.59. The fourth-order valence-electron chi connectivity index (χ4n) is 6.24.